The van der Waals surface area contributed by atoms with Gasteiger partial charge in [-0.05, 0) is 12.8 Å². The summed E-state index contributed by atoms with van der Waals surface area (Å²) in [5.41, 5.74) is 1.10. The number of nitro groups is 1. The normalized spacial score (nSPS) is 16.3. The Morgan fingerprint density at radius 3 is 3.00 bits per heavy atom. The van der Waals surface area contributed by atoms with Crippen molar-refractivity contribution >= 4 is 34.2 Å². The van der Waals surface area contributed by atoms with Crippen LogP contribution in [-0.2, 0) is 9.53 Å². The number of thiazole rings is 1. The summed E-state index contributed by atoms with van der Waals surface area (Å²) in [6.45, 7) is 0.474. The summed E-state index contributed by atoms with van der Waals surface area (Å²) < 4.78 is 4.70. The van der Waals surface area contributed by atoms with Gasteiger partial charge in [-0.2, -0.15) is 0 Å². The maximum atomic E-state index is 12.5. The van der Waals surface area contributed by atoms with Crippen LogP contribution < -0.4 is 5.32 Å². The fourth-order valence-corrected chi connectivity index (χ4v) is 3.53. The summed E-state index contributed by atoms with van der Waals surface area (Å²) in [5.74, 6) is -0.326. The van der Waals surface area contributed by atoms with Crippen LogP contribution in [-0.4, -0.2) is 46.5 Å². The van der Waals surface area contributed by atoms with Crippen LogP contribution in [0.4, 0.5) is 15.6 Å². The minimum Gasteiger partial charge on any atom is -0.453 e. The summed E-state index contributed by atoms with van der Waals surface area (Å²) in [5, 5.41) is 15.7. The van der Waals surface area contributed by atoms with Gasteiger partial charge in [0, 0.05) is 29.6 Å². The average Bonchev–Trinajstić information content (AvgIpc) is 3.30. The molecule has 2 heterocycles. The van der Waals surface area contributed by atoms with Crippen molar-refractivity contribution in [1.82, 2.24) is 9.88 Å². The number of benzene rings is 1. The molecule has 1 aliphatic heterocycles. The number of non-ortho nitro benzene ring substituents is 1. The number of anilines is 1. The first-order valence-electron chi connectivity index (χ1n) is 7.85. The molecular weight excluding hydrogens is 360 g/mol. The molecule has 1 aromatic carbocycles. The van der Waals surface area contributed by atoms with Crippen LogP contribution in [0, 0.1) is 10.1 Å². The first kappa shape index (κ1) is 17.8. The van der Waals surface area contributed by atoms with Crippen molar-refractivity contribution in [3.05, 3.63) is 39.8 Å². The SMILES string of the molecule is COC(=O)N1CCCC1C(=O)Nc1nc(-c2cccc([N+](=O)[O-])c2)cs1. The number of carbonyl (C=O) groups is 2. The smallest absolute Gasteiger partial charge is 0.410 e. The minimum absolute atomic E-state index is 0.0271. The van der Waals surface area contributed by atoms with E-state index in [-0.39, 0.29) is 11.6 Å². The molecular formula is C16H16N4O5S. The van der Waals surface area contributed by atoms with E-state index >= 15 is 0 Å². The zero-order chi connectivity index (χ0) is 18.7. The Morgan fingerprint density at radius 2 is 2.27 bits per heavy atom. The fourth-order valence-electron chi connectivity index (χ4n) is 2.81. The predicted molar refractivity (Wildman–Crippen MR) is 95.0 cm³/mol. The monoisotopic (exact) mass is 376 g/mol. The van der Waals surface area contributed by atoms with Crippen molar-refractivity contribution in [2.45, 2.75) is 18.9 Å². The lowest BCUT2D eigenvalue weighted by Gasteiger charge is -2.21. The second kappa shape index (κ2) is 7.48. The second-order valence-corrected chi connectivity index (χ2v) is 6.51. The fraction of sp³-hybridized carbons (Fsp3) is 0.312. The highest BCUT2D eigenvalue weighted by atomic mass is 32.1. The molecule has 1 aliphatic rings. The molecule has 0 radical (unpaired) electrons. The number of nitro benzene ring substituents is 1. The molecule has 9 nitrogen and oxygen atoms in total. The summed E-state index contributed by atoms with van der Waals surface area (Å²) in [4.78, 5) is 40.3. The number of rotatable bonds is 4. The highest BCUT2D eigenvalue weighted by molar-refractivity contribution is 7.14. The summed E-state index contributed by atoms with van der Waals surface area (Å²) in [6.07, 6.45) is 0.757. The van der Waals surface area contributed by atoms with Crippen molar-refractivity contribution < 1.29 is 19.2 Å². The molecule has 1 fully saturated rings. The van der Waals surface area contributed by atoms with Crippen molar-refractivity contribution in [3.63, 3.8) is 0 Å². The van der Waals surface area contributed by atoms with Gasteiger partial charge in [-0.15, -0.1) is 11.3 Å². The summed E-state index contributed by atoms with van der Waals surface area (Å²) >= 11 is 1.21. The Kier molecular flexibility index (Phi) is 5.12. The molecule has 2 amide bonds. The van der Waals surface area contributed by atoms with Crippen molar-refractivity contribution in [2.24, 2.45) is 0 Å². The van der Waals surface area contributed by atoms with Crippen molar-refractivity contribution in [1.29, 1.82) is 0 Å². The molecule has 1 unspecified atom stereocenters. The number of hydrogen-bond acceptors (Lipinski definition) is 7. The van der Waals surface area contributed by atoms with Crippen LogP contribution in [0.3, 0.4) is 0 Å². The standard InChI is InChI=1S/C16H16N4O5S/c1-25-16(22)19-7-3-6-13(19)14(21)18-15-17-12(9-26-15)10-4-2-5-11(8-10)20(23)24/h2,4-5,8-9,13H,3,6-7H2,1H3,(H,17,18,21). The summed E-state index contributed by atoms with van der Waals surface area (Å²) in [7, 11) is 1.28. The Morgan fingerprint density at radius 1 is 1.46 bits per heavy atom. The van der Waals surface area contributed by atoms with Crippen LogP contribution in [0.2, 0.25) is 0 Å². The van der Waals surface area contributed by atoms with Crippen molar-refractivity contribution in [3.8, 4) is 11.3 Å². The average molecular weight is 376 g/mol. The van der Waals surface area contributed by atoms with E-state index in [1.165, 1.54) is 35.5 Å². The lowest BCUT2D eigenvalue weighted by atomic mass is 10.1. The lowest BCUT2D eigenvalue weighted by molar-refractivity contribution is -0.384. The molecule has 26 heavy (non-hydrogen) atoms. The van der Waals surface area contributed by atoms with Gasteiger partial charge in [-0.1, -0.05) is 12.1 Å². The molecule has 3 rings (SSSR count). The van der Waals surface area contributed by atoms with Crippen LogP contribution in [0.5, 0.6) is 0 Å². The van der Waals surface area contributed by atoms with Gasteiger partial charge in [-0.3, -0.25) is 19.8 Å². The first-order valence-corrected chi connectivity index (χ1v) is 8.73. The molecule has 0 bridgehead atoms. The molecule has 1 N–H and O–H groups in total. The summed E-state index contributed by atoms with van der Waals surface area (Å²) in [6, 6.07) is 5.53. The number of methoxy groups -OCH3 is 1. The molecule has 10 heteroatoms. The highest BCUT2D eigenvalue weighted by Crippen LogP contribution is 2.28. The quantitative estimate of drug-likeness (QED) is 0.648. The number of nitrogens with zero attached hydrogens (tertiary/aromatic N) is 3. The number of hydrogen-bond donors (Lipinski definition) is 1. The van der Waals surface area contributed by atoms with Crippen molar-refractivity contribution in [2.75, 3.05) is 19.0 Å². The number of likely N-dealkylation sites (tertiary alicyclic amines) is 1. The minimum atomic E-state index is -0.590. The molecule has 0 aliphatic carbocycles. The third kappa shape index (κ3) is 3.64. The van der Waals surface area contributed by atoms with Gasteiger partial charge in [-0.25, -0.2) is 9.78 Å². The molecule has 136 valence electrons. The lowest BCUT2D eigenvalue weighted by Crippen LogP contribution is -2.43. The zero-order valence-electron chi connectivity index (χ0n) is 13.9. The Labute approximate surface area is 152 Å². The molecule has 1 aromatic heterocycles. The Hall–Kier alpha value is -3.01. The van der Waals surface area contributed by atoms with Crippen LogP contribution >= 0.6 is 11.3 Å². The van der Waals surface area contributed by atoms with E-state index in [2.05, 4.69) is 10.3 Å². The first-order chi connectivity index (χ1) is 12.5. The maximum absolute atomic E-state index is 12.5. The number of ether oxygens (including phenoxy) is 1. The van der Waals surface area contributed by atoms with Gasteiger partial charge in [0.15, 0.2) is 5.13 Å². The van der Waals surface area contributed by atoms with E-state index in [0.717, 1.165) is 6.42 Å². The Bertz CT molecular complexity index is 853. The third-order valence-corrected chi connectivity index (χ3v) is 4.81. The molecule has 0 saturated carbocycles. The van der Waals surface area contributed by atoms with E-state index in [9.17, 15) is 19.7 Å². The number of carbonyl (C=O) groups excluding carboxylic acids is 2. The van der Waals surface area contributed by atoms with Crippen LogP contribution in [0.15, 0.2) is 29.6 Å². The van der Waals surface area contributed by atoms with E-state index in [1.54, 1.807) is 17.5 Å². The Balaban J connectivity index is 1.72. The predicted octanol–water partition coefficient (Wildman–Crippen LogP) is 2.89. The molecule has 2 aromatic rings. The van der Waals surface area contributed by atoms with E-state index in [4.69, 9.17) is 4.74 Å². The van der Waals surface area contributed by atoms with E-state index < -0.39 is 17.1 Å². The third-order valence-electron chi connectivity index (χ3n) is 4.05. The van der Waals surface area contributed by atoms with E-state index in [1.807, 2.05) is 0 Å². The topological polar surface area (TPSA) is 115 Å². The number of aromatic nitrogens is 1. The number of amides is 2. The van der Waals surface area contributed by atoms with Gasteiger partial charge in [0.1, 0.15) is 6.04 Å². The largest absolute Gasteiger partial charge is 0.453 e. The highest BCUT2D eigenvalue weighted by Gasteiger charge is 2.35. The maximum Gasteiger partial charge on any atom is 0.410 e. The van der Waals surface area contributed by atoms with Gasteiger partial charge in [0.25, 0.3) is 5.69 Å². The second-order valence-electron chi connectivity index (χ2n) is 5.66. The van der Waals surface area contributed by atoms with Gasteiger partial charge >= 0.3 is 6.09 Å². The molecule has 1 atom stereocenters. The van der Waals surface area contributed by atoms with Gasteiger partial charge in [0.2, 0.25) is 5.91 Å². The molecule has 1 saturated heterocycles. The van der Waals surface area contributed by atoms with E-state index in [0.29, 0.717) is 29.4 Å². The van der Waals surface area contributed by atoms with Gasteiger partial charge < -0.3 is 10.1 Å². The molecule has 0 spiro atoms. The number of nitrogens with one attached hydrogen (secondary N) is 1. The zero-order valence-corrected chi connectivity index (χ0v) is 14.7. The van der Waals surface area contributed by atoms with Crippen LogP contribution in [0.25, 0.3) is 11.3 Å². The van der Waals surface area contributed by atoms with Gasteiger partial charge in [0.05, 0.1) is 17.7 Å². The van der Waals surface area contributed by atoms with Crippen LogP contribution in [0.1, 0.15) is 12.8 Å².